The van der Waals surface area contributed by atoms with Crippen molar-refractivity contribution in [3.8, 4) is 17.2 Å². The molecule has 0 radical (unpaired) electrons. The number of ether oxygens (including phenoxy) is 4. The van der Waals surface area contributed by atoms with Crippen LogP contribution in [0.2, 0.25) is 0 Å². The molecule has 178 valence electrons. The number of hydrogen-bond acceptors (Lipinski definition) is 7. The quantitative estimate of drug-likeness (QED) is 0.642. The highest BCUT2D eigenvalue weighted by molar-refractivity contribution is 6.04. The molecule has 0 unspecified atom stereocenters. The molecule has 0 amide bonds. The number of hydrogen-bond donors (Lipinski definition) is 1. The lowest BCUT2D eigenvalue weighted by atomic mass is 9.71. The summed E-state index contributed by atoms with van der Waals surface area (Å²) in [4.78, 5) is 26.5. The molecule has 0 spiro atoms. The van der Waals surface area contributed by atoms with Crippen molar-refractivity contribution >= 4 is 11.8 Å². The minimum absolute atomic E-state index is 0.00802. The second-order valence-electron chi connectivity index (χ2n) is 8.39. The molecule has 7 heteroatoms. The molecule has 2 aromatic rings. The molecule has 2 aliphatic rings. The molecule has 1 aliphatic carbocycles. The maximum atomic E-state index is 13.6. The number of carbonyl (C=O) groups is 2. The van der Waals surface area contributed by atoms with Crippen molar-refractivity contribution in [1.82, 2.24) is 5.32 Å². The summed E-state index contributed by atoms with van der Waals surface area (Å²) in [5.41, 5.74) is 4.26. The fraction of sp³-hybridized carbons (Fsp3) is 0.333. The lowest BCUT2D eigenvalue weighted by Gasteiger charge is -2.37. The zero-order chi connectivity index (χ0) is 24.4. The Bertz CT molecular complexity index is 1180. The molecular formula is C27H29NO6. The molecule has 4 rings (SSSR count). The number of rotatable bonds is 6. The molecule has 0 aromatic heterocycles. The summed E-state index contributed by atoms with van der Waals surface area (Å²) in [6.45, 7) is 1.83. The van der Waals surface area contributed by atoms with Crippen LogP contribution in [0, 0.1) is 0 Å². The van der Waals surface area contributed by atoms with Crippen molar-refractivity contribution in [2.24, 2.45) is 0 Å². The van der Waals surface area contributed by atoms with Gasteiger partial charge >= 0.3 is 5.97 Å². The fourth-order valence-electron chi connectivity index (χ4n) is 4.90. The maximum absolute atomic E-state index is 13.6. The number of carbonyl (C=O) groups excluding carboxylic acids is 2. The van der Waals surface area contributed by atoms with E-state index in [1.165, 1.54) is 7.11 Å². The van der Waals surface area contributed by atoms with E-state index in [4.69, 9.17) is 18.9 Å². The average Bonchev–Trinajstić information content (AvgIpc) is 2.86. The van der Waals surface area contributed by atoms with E-state index >= 15 is 0 Å². The molecule has 1 aliphatic heterocycles. The molecule has 1 heterocycles. The van der Waals surface area contributed by atoms with Crippen molar-refractivity contribution in [3.05, 3.63) is 76.1 Å². The summed E-state index contributed by atoms with van der Waals surface area (Å²) >= 11 is 0. The van der Waals surface area contributed by atoms with E-state index in [0.717, 1.165) is 17.0 Å². The minimum atomic E-state index is -0.603. The highest BCUT2D eigenvalue weighted by Gasteiger charge is 2.42. The summed E-state index contributed by atoms with van der Waals surface area (Å²) < 4.78 is 21.4. The Morgan fingerprint density at radius 3 is 2.21 bits per heavy atom. The van der Waals surface area contributed by atoms with Crippen LogP contribution < -0.4 is 19.5 Å². The van der Waals surface area contributed by atoms with E-state index in [1.807, 2.05) is 37.3 Å². The van der Waals surface area contributed by atoms with Crippen LogP contribution in [0.3, 0.4) is 0 Å². The van der Waals surface area contributed by atoms with E-state index in [2.05, 4.69) is 5.32 Å². The number of ketones is 1. The predicted octanol–water partition coefficient (Wildman–Crippen LogP) is 4.25. The number of methoxy groups -OCH3 is 4. The Hall–Kier alpha value is -3.74. The van der Waals surface area contributed by atoms with E-state index in [0.29, 0.717) is 46.7 Å². The van der Waals surface area contributed by atoms with Gasteiger partial charge in [-0.2, -0.15) is 0 Å². The van der Waals surface area contributed by atoms with Gasteiger partial charge in [0.25, 0.3) is 0 Å². The van der Waals surface area contributed by atoms with Crippen molar-refractivity contribution in [2.75, 3.05) is 28.4 Å². The Kier molecular flexibility index (Phi) is 6.63. The van der Waals surface area contributed by atoms with Crippen LogP contribution in [0.25, 0.3) is 0 Å². The second-order valence-corrected chi connectivity index (χ2v) is 8.39. The summed E-state index contributed by atoms with van der Waals surface area (Å²) in [5.74, 6) is 0.867. The van der Waals surface area contributed by atoms with Gasteiger partial charge in [0, 0.05) is 35.0 Å². The topological polar surface area (TPSA) is 83.1 Å². The van der Waals surface area contributed by atoms with Gasteiger partial charge in [-0.05, 0) is 43.0 Å². The van der Waals surface area contributed by atoms with Gasteiger partial charge in [-0.3, -0.25) is 4.79 Å². The first-order valence-electron chi connectivity index (χ1n) is 11.1. The van der Waals surface area contributed by atoms with Crippen molar-refractivity contribution < 1.29 is 28.5 Å². The van der Waals surface area contributed by atoms with E-state index in [-0.39, 0.29) is 11.7 Å². The number of esters is 1. The maximum Gasteiger partial charge on any atom is 0.336 e. The van der Waals surface area contributed by atoms with Crippen LogP contribution in [0.1, 0.15) is 42.7 Å². The highest BCUT2D eigenvalue weighted by atomic mass is 16.5. The zero-order valence-corrected chi connectivity index (χ0v) is 20.1. The molecule has 34 heavy (non-hydrogen) atoms. The molecule has 2 atom stereocenters. The Morgan fingerprint density at radius 1 is 0.912 bits per heavy atom. The third-order valence-corrected chi connectivity index (χ3v) is 6.57. The summed E-state index contributed by atoms with van der Waals surface area (Å²) in [5, 5.41) is 3.34. The van der Waals surface area contributed by atoms with E-state index in [9.17, 15) is 9.59 Å². The van der Waals surface area contributed by atoms with Gasteiger partial charge < -0.3 is 24.3 Å². The standard InChI is InChI=1S/C27H29NO6/c1-15-24(27(30)34-5)25(20-11-10-19(32-3)14-23(20)33-4)26-21(28-15)12-17(13-22(26)29)16-6-8-18(31-2)9-7-16/h6-11,14,17,25,28H,12-13H2,1-5H3/t17-,25+/m0/s1. The third-order valence-electron chi connectivity index (χ3n) is 6.57. The zero-order valence-electron chi connectivity index (χ0n) is 20.1. The van der Waals surface area contributed by atoms with Crippen LogP contribution in [0.5, 0.6) is 17.2 Å². The van der Waals surface area contributed by atoms with Crippen LogP contribution in [0.15, 0.2) is 65.0 Å². The highest BCUT2D eigenvalue weighted by Crippen LogP contribution is 2.48. The van der Waals surface area contributed by atoms with Gasteiger partial charge in [0.1, 0.15) is 17.2 Å². The molecule has 1 N–H and O–H groups in total. The Labute approximate surface area is 199 Å². The molecule has 0 fully saturated rings. The first-order valence-corrected chi connectivity index (χ1v) is 11.1. The number of Topliss-reactive ketones (excluding diaryl/α,β-unsaturated/α-hetero) is 1. The first-order chi connectivity index (χ1) is 16.4. The Morgan fingerprint density at radius 2 is 1.59 bits per heavy atom. The lowest BCUT2D eigenvalue weighted by Crippen LogP contribution is -2.36. The second kappa shape index (κ2) is 9.63. The van der Waals surface area contributed by atoms with Crippen molar-refractivity contribution in [1.29, 1.82) is 0 Å². The molecule has 0 saturated carbocycles. The monoisotopic (exact) mass is 463 g/mol. The van der Waals surface area contributed by atoms with Gasteiger partial charge in [-0.1, -0.05) is 18.2 Å². The lowest BCUT2D eigenvalue weighted by molar-refractivity contribution is -0.136. The fourth-order valence-corrected chi connectivity index (χ4v) is 4.90. The SMILES string of the molecule is COC(=O)C1=C(C)NC2=C(C(=O)C[C@@H](c3ccc(OC)cc3)C2)[C@@H]1c1ccc(OC)cc1OC. The van der Waals surface area contributed by atoms with E-state index in [1.54, 1.807) is 33.5 Å². The number of benzene rings is 2. The largest absolute Gasteiger partial charge is 0.497 e. The van der Waals surface area contributed by atoms with Gasteiger partial charge in [0.15, 0.2) is 5.78 Å². The number of nitrogens with one attached hydrogen (secondary N) is 1. The van der Waals surface area contributed by atoms with Crippen LogP contribution in [-0.4, -0.2) is 40.2 Å². The Balaban J connectivity index is 1.82. The van der Waals surface area contributed by atoms with E-state index < -0.39 is 11.9 Å². The minimum Gasteiger partial charge on any atom is -0.497 e. The van der Waals surface area contributed by atoms with Crippen LogP contribution >= 0.6 is 0 Å². The third kappa shape index (κ3) is 4.14. The van der Waals surface area contributed by atoms with Gasteiger partial charge in [0.05, 0.1) is 39.9 Å². The van der Waals surface area contributed by atoms with Crippen molar-refractivity contribution in [2.45, 2.75) is 31.6 Å². The number of allylic oxidation sites excluding steroid dienone is 3. The van der Waals surface area contributed by atoms with Crippen molar-refractivity contribution in [3.63, 3.8) is 0 Å². The van der Waals surface area contributed by atoms with Gasteiger partial charge in [-0.15, -0.1) is 0 Å². The summed E-state index contributed by atoms with van der Waals surface area (Å²) in [7, 11) is 6.11. The smallest absolute Gasteiger partial charge is 0.336 e. The van der Waals surface area contributed by atoms with Crippen LogP contribution in [-0.2, 0) is 14.3 Å². The molecule has 0 bridgehead atoms. The van der Waals surface area contributed by atoms with Gasteiger partial charge in [-0.25, -0.2) is 4.79 Å². The average molecular weight is 464 g/mol. The van der Waals surface area contributed by atoms with Gasteiger partial charge in [0.2, 0.25) is 0 Å². The predicted molar refractivity (Wildman–Crippen MR) is 127 cm³/mol. The number of dihydropyridines is 1. The normalized spacial score (nSPS) is 19.9. The van der Waals surface area contributed by atoms with Crippen LogP contribution in [0.4, 0.5) is 0 Å². The molecule has 0 saturated heterocycles. The molecule has 2 aromatic carbocycles. The summed E-state index contributed by atoms with van der Waals surface area (Å²) in [6, 6.07) is 13.2. The first kappa shape index (κ1) is 23.4. The molecule has 7 nitrogen and oxygen atoms in total. The summed E-state index contributed by atoms with van der Waals surface area (Å²) in [6.07, 6.45) is 0.990. The molecular weight excluding hydrogens is 434 g/mol.